The van der Waals surface area contributed by atoms with Crippen LogP contribution in [0, 0.1) is 6.92 Å². The van der Waals surface area contributed by atoms with E-state index in [1.807, 2.05) is 25.1 Å². The molecule has 2 heterocycles. The molecule has 0 bridgehead atoms. The summed E-state index contributed by atoms with van der Waals surface area (Å²) >= 11 is 0. The number of aromatic nitrogens is 3. The van der Waals surface area contributed by atoms with E-state index in [4.69, 9.17) is 19.9 Å². The molecule has 0 saturated heterocycles. The van der Waals surface area contributed by atoms with Gasteiger partial charge in [0, 0.05) is 48.1 Å². The summed E-state index contributed by atoms with van der Waals surface area (Å²) in [6, 6.07) is 12.7. The molecule has 8 heteroatoms. The first-order valence-electron chi connectivity index (χ1n) is 9.99. The van der Waals surface area contributed by atoms with Crippen molar-refractivity contribution < 1.29 is 19.0 Å². The van der Waals surface area contributed by atoms with Crippen molar-refractivity contribution in [2.75, 3.05) is 14.2 Å². The molecule has 2 aromatic heterocycles. The molecule has 2 aromatic carbocycles. The van der Waals surface area contributed by atoms with Gasteiger partial charge in [-0.25, -0.2) is 0 Å². The molecular formula is C24H24N4O4. The predicted octanol–water partition coefficient (Wildman–Crippen LogP) is 3.70. The predicted molar refractivity (Wildman–Crippen MR) is 120 cm³/mol. The number of primary amides is 1. The molecule has 164 valence electrons. The highest BCUT2D eigenvalue weighted by Gasteiger charge is 2.27. The van der Waals surface area contributed by atoms with Gasteiger partial charge in [-0.2, -0.15) is 5.10 Å². The molecule has 4 rings (SSSR count). The Morgan fingerprint density at radius 2 is 1.78 bits per heavy atom. The van der Waals surface area contributed by atoms with E-state index in [0.717, 1.165) is 27.9 Å². The summed E-state index contributed by atoms with van der Waals surface area (Å²) in [7, 11) is 4.96. The molecular weight excluding hydrogens is 408 g/mol. The van der Waals surface area contributed by atoms with E-state index in [2.05, 4.69) is 10.1 Å². The number of fused-ring (bicyclic) bond motifs is 1. The number of methoxy groups -OCH3 is 2. The van der Waals surface area contributed by atoms with Gasteiger partial charge >= 0.3 is 0 Å². The molecule has 2 N–H and O–H groups in total. The molecule has 4 aromatic rings. The van der Waals surface area contributed by atoms with Crippen LogP contribution in [0.3, 0.4) is 0 Å². The second kappa shape index (κ2) is 8.58. The van der Waals surface area contributed by atoms with Crippen LogP contribution in [-0.4, -0.2) is 34.9 Å². The largest absolute Gasteiger partial charge is 0.497 e. The van der Waals surface area contributed by atoms with Gasteiger partial charge in [-0.05, 0) is 31.2 Å². The monoisotopic (exact) mass is 432 g/mol. The van der Waals surface area contributed by atoms with Crippen LogP contribution < -0.4 is 19.9 Å². The van der Waals surface area contributed by atoms with Crippen LogP contribution in [0.5, 0.6) is 23.0 Å². The molecule has 0 aliphatic carbocycles. The summed E-state index contributed by atoms with van der Waals surface area (Å²) in [5, 5.41) is 5.18. The summed E-state index contributed by atoms with van der Waals surface area (Å²) in [6.07, 6.45) is 3.48. The van der Waals surface area contributed by atoms with Gasteiger partial charge in [-0.1, -0.05) is 6.07 Å². The smallest absolute Gasteiger partial charge is 0.229 e. The molecule has 0 radical (unpaired) electrons. The maximum Gasteiger partial charge on any atom is 0.229 e. The fourth-order valence-electron chi connectivity index (χ4n) is 3.81. The van der Waals surface area contributed by atoms with Crippen molar-refractivity contribution >= 4 is 16.8 Å². The molecule has 32 heavy (non-hydrogen) atoms. The minimum Gasteiger partial charge on any atom is -0.497 e. The van der Waals surface area contributed by atoms with Gasteiger partial charge in [0.1, 0.15) is 23.0 Å². The van der Waals surface area contributed by atoms with E-state index >= 15 is 0 Å². The quantitative estimate of drug-likeness (QED) is 0.478. The third-order valence-corrected chi connectivity index (χ3v) is 5.30. The van der Waals surface area contributed by atoms with Gasteiger partial charge in [-0.3, -0.25) is 14.5 Å². The van der Waals surface area contributed by atoms with Crippen molar-refractivity contribution in [1.82, 2.24) is 14.8 Å². The number of hydrogen-bond donors (Lipinski definition) is 1. The highest BCUT2D eigenvalue weighted by molar-refractivity contribution is 5.87. The number of carbonyl (C=O) groups is 1. The molecule has 0 fully saturated rings. The number of ether oxygens (including phenoxy) is 3. The van der Waals surface area contributed by atoms with E-state index in [9.17, 15) is 4.79 Å². The van der Waals surface area contributed by atoms with Crippen LogP contribution in [0.2, 0.25) is 0 Å². The SMILES string of the molecule is COc1ccc2c(Oc3ccc(C(C(N)=O)c4cn(C)nc4C)c(OC)c3)ccnc2c1. The Morgan fingerprint density at radius 3 is 2.44 bits per heavy atom. The lowest BCUT2D eigenvalue weighted by Crippen LogP contribution is -2.23. The van der Waals surface area contributed by atoms with Crippen molar-refractivity contribution in [3.8, 4) is 23.0 Å². The van der Waals surface area contributed by atoms with Crippen molar-refractivity contribution in [1.29, 1.82) is 0 Å². The van der Waals surface area contributed by atoms with Gasteiger partial charge < -0.3 is 19.9 Å². The van der Waals surface area contributed by atoms with Crippen LogP contribution in [0.15, 0.2) is 54.9 Å². The average molecular weight is 432 g/mol. The van der Waals surface area contributed by atoms with E-state index in [-0.39, 0.29) is 0 Å². The van der Waals surface area contributed by atoms with Crippen molar-refractivity contribution in [2.45, 2.75) is 12.8 Å². The number of rotatable bonds is 7. The Balaban J connectivity index is 1.72. The minimum atomic E-state index is -0.693. The van der Waals surface area contributed by atoms with Crippen molar-refractivity contribution in [3.63, 3.8) is 0 Å². The number of carbonyl (C=O) groups excluding carboxylic acids is 1. The Bertz CT molecular complexity index is 1300. The summed E-state index contributed by atoms with van der Waals surface area (Å²) in [5.74, 6) is 1.23. The highest BCUT2D eigenvalue weighted by atomic mass is 16.5. The molecule has 0 saturated carbocycles. The van der Waals surface area contributed by atoms with E-state index in [0.29, 0.717) is 22.8 Å². The van der Waals surface area contributed by atoms with E-state index in [1.54, 1.807) is 62.6 Å². The van der Waals surface area contributed by atoms with Crippen LogP contribution >= 0.6 is 0 Å². The number of benzene rings is 2. The fraction of sp³-hybridized carbons (Fsp3) is 0.208. The van der Waals surface area contributed by atoms with Crippen LogP contribution in [0.1, 0.15) is 22.7 Å². The van der Waals surface area contributed by atoms with Crippen molar-refractivity contribution in [2.24, 2.45) is 12.8 Å². The van der Waals surface area contributed by atoms with E-state index < -0.39 is 11.8 Å². The Hall–Kier alpha value is -4.07. The van der Waals surface area contributed by atoms with Crippen LogP contribution in [-0.2, 0) is 11.8 Å². The van der Waals surface area contributed by atoms with Crippen LogP contribution in [0.4, 0.5) is 0 Å². The number of nitrogens with zero attached hydrogens (tertiary/aromatic N) is 3. The summed E-state index contributed by atoms with van der Waals surface area (Å²) < 4.78 is 18.7. The Labute approximate surface area is 185 Å². The van der Waals surface area contributed by atoms with Gasteiger partial charge in [0.2, 0.25) is 5.91 Å². The Kier molecular flexibility index (Phi) is 5.68. The normalized spacial score (nSPS) is 11.9. The molecule has 8 nitrogen and oxygen atoms in total. The zero-order chi connectivity index (χ0) is 22.8. The Morgan fingerprint density at radius 1 is 1.00 bits per heavy atom. The topological polar surface area (TPSA) is 101 Å². The van der Waals surface area contributed by atoms with Gasteiger partial charge in [0.05, 0.1) is 31.3 Å². The van der Waals surface area contributed by atoms with Gasteiger partial charge in [0.15, 0.2) is 0 Å². The summed E-state index contributed by atoms with van der Waals surface area (Å²) in [5.41, 5.74) is 8.64. The maximum absolute atomic E-state index is 12.4. The molecule has 1 atom stereocenters. The average Bonchev–Trinajstić information content (AvgIpc) is 3.11. The summed E-state index contributed by atoms with van der Waals surface area (Å²) in [4.78, 5) is 16.8. The van der Waals surface area contributed by atoms with Gasteiger partial charge in [0.25, 0.3) is 0 Å². The lowest BCUT2D eigenvalue weighted by Gasteiger charge is -2.18. The lowest BCUT2D eigenvalue weighted by atomic mass is 9.90. The third-order valence-electron chi connectivity index (χ3n) is 5.30. The van der Waals surface area contributed by atoms with Gasteiger partial charge in [-0.15, -0.1) is 0 Å². The first-order valence-corrected chi connectivity index (χ1v) is 9.99. The molecule has 1 amide bonds. The number of amides is 1. The maximum atomic E-state index is 12.4. The zero-order valence-electron chi connectivity index (χ0n) is 18.3. The third kappa shape index (κ3) is 3.94. The molecule has 0 aliphatic heterocycles. The number of pyridine rings is 1. The lowest BCUT2D eigenvalue weighted by molar-refractivity contribution is -0.118. The zero-order valence-corrected chi connectivity index (χ0v) is 18.3. The summed E-state index contributed by atoms with van der Waals surface area (Å²) in [6.45, 7) is 1.85. The number of nitrogens with two attached hydrogens (primary N) is 1. The second-order valence-corrected chi connectivity index (χ2v) is 7.38. The minimum absolute atomic E-state index is 0.484. The van der Waals surface area contributed by atoms with E-state index in [1.165, 1.54) is 0 Å². The van der Waals surface area contributed by atoms with Crippen LogP contribution in [0.25, 0.3) is 10.9 Å². The number of aryl methyl sites for hydroxylation is 2. The second-order valence-electron chi connectivity index (χ2n) is 7.38. The first kappa shape index (κ1) is 21.2. The standard InChI is InChI=1S/C24H24N4O4/c1-14-19(13-28(2)27-14)23(24(25)29)18-8-6-16(12-22(18)31-4)32-21-9-10-26-20-11-15(30-3)5-7-17(20)21/h5-13,23H,1-4H3,(H2,25,29). The number of hydrogen-bond acceptors (Lipinski definition) is 6. The molecule has 0 spiro atoms. The van der Waals surface area contributed by atoms with Crippen molar-refractivity contribution in [3.05, 3.63) is 71.7 Å². The first-order chi connectivity index (χ1) is 15.4. The fourth-order valence-corrected chi connectivity index (χ4v) is 3.81. The highest BCUT2D eigenvalue weighted by Crippen LogP contribution is 2.38. The molecule has 0 aliphatic rings. The molecule has 1 unspecified atom stereocenters.